The zero-order valence-corrected chi connectivity index (χ0v) is 16.8. The lowest BCUT2D eigenvalue weighted by atomic mass is 10.0. The molecule has 2 aromatic rings. The first-order valence-corrected chi connectivity index (χ1v) is 10.3. The summed E-state index contributed by atoms with van der Waals surface area (Å²) < 4.78 is 0. The Bertz CT molecular complexity index is 902. The van der Waals surface area contributed by atoms with Crippen LogP contribution in [-0.2, 0) is 6.54 Å². The zero-order valence-electron chi connectivity index (χ0n) is 16.1. The fourth-order valence-corrected chi connectivity index (χ4v) is 4.46. The van der Waals surface area contributed by atoms with Crippen LogP contribution in [0.25, 0.3) is 0 Å². The molecule has 2 aliphatic rings. The van der Waals surface area contributed by atoms with Gasteiger partial charge < -0.3 is 20.2 Å². The number of likely N-dealkylation sites (tertiary alicyclic amines) is 2. The first-order valence-electron chi connectivity index (χ1n) is 9.94. The van der Waals surface area contributed by atoms with Gasteiger partial charge in [-0.25, -0.2) is 0 Å². The number of benzene rings is 2. The number of carbonyl (C=O) groups excluding carboxylic acids is 1. The summed E-state index contributed by atoms with van der Waals surface area (Å²) in [5, 5.41) is 29.4. The van der Waals surface area contributed by atoms with Crippen molar-refractivity contribution in [1.82, 2.24) is 9.80 Å². The molecular weight excluding hydrogens is 392 g/mol. The molecule has 4 rings (SSSR count). The van der Waals surface area contributed by atoms with E-state index in [4.69, 9.17) is 11.6 Å². The lowest BCUT2D eigenvalue weighted by Crippen LogP contribution is -2.30. The van der Waals surface area contributed by atoms with Gasteiger partial charge in [-0.15, -0.1) is 0 Å². The van der Waals surface area contributed by atoms with Crippen LogP contribution < -0.4 is 0 Å². The number of aliphatic hydroxyl groups is 1. The highest BCUT2D eigenvalue weighted by Gasteiger charge is 2.32. The van der Waals surface area contributed by atoms with Crippen molar-refractivity contribution < 1.29 is 20.1 Å². The molecule has 2 saturated heterocycles. The van der Waals surface area contributed by atoms with Crippen molar-refractivity contribution in [3.8, 4) is 11.5 Å². The summed E-state index contributed by atoms with van der Waals surface area (Å²) in [5.74, 6) is -0.812. The minimum absolute atomic E-state index is 0.0401. The molecule has 1 amide bonds. The maximum absolute atomic E-state index is 13.0. The molecule has 0 spiro atoms. The molecule has 0 saturated carbocycles. The van der Waals surface area contributed by atoms with E-state index in [-0.39, 0.29) is 40.1 Å². The number of aliphatic hydroxyl groups excluding tert-OH is 1. The van der Waals surface area contributed by atoms with Crippen LogP contribution in [0.1, 0.15) is 46.8 Å². The molecular formula is C22H25ClN2O4. The summed E-state index contributed by atoms with van der Waals surface area (Å²) in [6, 6.07) is 10.6. The summed E-state index contributed by atoms with van der Waals surface area (Å²) in [4.78, 5) is 17.0. The van der Waals surface area contributed by atoms with Gasteiger partial charge in [0.25, 0.3) is 5.91 Å². The Hall–Kier alpha value is -2.28. The molecule has 0 bridgehead atoms. The second kappa shape index (κ2) is 8.22. The van der Waals surface area contributed by atoms with Gasteiger partial charge in [0.2, 0.25) is 0 Å². The van der Waals surface area contributed by atoms with Crippen LogP contribution in [0.15, 0.2) is 36.4 Å². The van der Waals surface area contributed by atoms with Crippen LogP contribution in [0.4, 0.5) is 0 Å². The Morgan fingerprint density at radius 3 is 2.52 bits per heavy atom. The largest absolute Gasteiger partial charge is 0.507 e. The fraction of sp³-hybridized carbons (Fsp3) is 0.409. The third kappa shape index (κ3) is 4.20. The maximum Gasteiger partial charge on any atom is 0.258 e. The van der Waals surface area contributed by atoms with E-state index in [0.717, 1.165) is 44.0 Å². The Labute approximate surface area is 174 Å². The number of hydrogen-bond donors (Lipinski definition) is 3. The van der Waals surface area contributed by atoms with E-state index in [1.807, 2.05) is 0 Å². The highest BCUT2D eigenvalue weighted by molar-refractivity contribution is 6.32. The molecule has 154 valence electrons. The number of carbonyl (C=O) groups is 1. The smallest absolute Gasteiger partial charge is 0.258 e. The first-order chi connectivity index (χ1) is 13.9. The van der Waals surface area contributed by atoms with Gasteiger partial charge in [-0.05, 0) is 36.5 Å². The molecule has 3 N–H and O–H groups in total. The number of phenolic OH excluding ortho intramolecular Hbond substituents is 2. The van der Waals surface area contributed by atoms with Gasteiger partial charge in [-0.1, -0.05) is 35.9 Å². The van der Waals surface area contributed by atoms with Gasteiger partial charge in [-0.3, -0.25) is 9.69 Å². The highest BCUT2D eigenvalue weighted by Crippen LogP contribution is 2.37. The third-order valence-electron chi connectivity index (χ3n) is 5.83. The van der Waals surface area contributed by atoms with E-state index in [9.17, 15) is 20.1 Å². The lowest BCUT2D eigenvalue weighted by molar-refractivity contribution is 0.0732. The molecule has 2 aromatic carbocycles. The fourth-order valence-electron chi connectivity index (χ4n) is 4.29. The number of aromatic hydroxyl groups is 2. The molecule has 2 fully saturated rings. The Morgan fingerprint density at radius 2 is 1.83 bits per heavy atom. The van der Waals surface area contributed by atoms with E-state index < -0.39 is 0 Å². The monoisotopic (exact) mass is 416 g/mol. The second-order valence-corrected chi connectivity index (χ2v) is 8.30. The Kier molecular flexibility index (Phi) is 5.67. The van der Waals surface area contributed by atoms with Crippen LogP contribution in [-0.4, -0.2) is 56.8 Å². The highest BCUT2D eigenvalue weighted by atomic mass is 35.5. The molecule has 0 aromatic heterocycles. The van der Waals surface area contributed by atoms with Crippen LogP contribution in [0.3, 0.4) is 0 Å². The van der Waals surface area contributed by atoms with Crippen molar-refractivity contribution in [1.29, 1.82) is 0 Å². The molecule has 2 heterocycles. The van der Waals surface area contributed by atoms with E-state index in [1.165, 1.54) is 11.6 Å². The molecule has 7 heteroatoms. The van der Waals surface area contributed by atoms with Crippen LogP contribution >= 0.6 is 11.6 Å². The second-order valence-electron chi connectivity index (χ2n) is 7.90. The Morgan fingerprint density at radius 1 is 1.07 bits per heavy atom. The minimum Gasteiger partial charge on any atom is -0.507 e. The van der Waals surface area contributed by atoms with Crippen molar-refractivity contribution in [3.63, 3.8) is 0 Å². The average Bonchev–Trinajstić information content (AvgIpc) is 3.34. The molecule has 2 aliphatic heterocycles. The zero-order chi connectivity index (χ0) is 20.5. The van der Waals surface area contributed by atoms with Crippen molar-refractivity contribution in [3.05, 3.63) is 58.1 Å². The number of nitrogens with zero attached hydrogens (tertiary/aromatic N) is 2. The van der Waals surface area contributed by atoms with Crippen molar-refractivity contribution in [2.24, 2.45) is 0 Å². The van der Waals surface area contributed by atoms with Gasteiger partial charge in [0.15, 0.2) is 0 Å². The number of hydrogen-bond acceptors (Lipinski definition) is 5. The number of β-amino-alcohol motifs (C(OH)–C–C–N with tert-alkyl or cyclic N) is 1. The molecule has 0 radical (unpaired) electrons. The third-order valence-corrected chi connectivity index (χ3v) is 6.13. The van der Waals surface area contributed by atoms with E-state index in [2.05, 4.69) is 29.2 Å². The number of halogens is 1. The summed E-state index contributed by atoms with van der Waals surface area (Å²) >= 11 is 5.93. The quantitative estimate of drug-likeness (QED) is 0.712. The van der Waals surface area contributed by atoms with Gasteiger partial charge in [-0.2, -0.15) is 0 Å². The average molecular weight is 417 g/mol. The van der Waals surface area contributed by atoms with Crippen molar-refractivity contribution in [2.45, 2.75) is 38.0 Å². The van der Waals surface area contributed by atoms with Crippen LogP contribution in [0.2, 0.25) is 5.02 Å². The van der Waals surface area contributed by atoms with Crippen molar-refractivity contribution in [2.75, 3.05) is 19.6 Å². The van der Waals surface area contributed by atoms with E-state index >= 15 is 0 Å². The molecule has 2 atom stereocenters. The number of amides is 1. The summed E-state index contributed by atoms with van der Waals surface area (Å²) in [5.41, 5.74) is 2.34. The lowest BCUT2D eigenvalue weighted by Gasteiger charge is -2.26. The van der Waals surface area contributed by atoms with E-state index in [0.29, 0.717) is 13.1 Å². The predicted molar refractivity (Wildman–Crippen MR) is 110 cm³/mol. The normalized spacial score (nSPS) is 22.3. The Balaban J connectivity index is 1.49. The summed E-state index contributed by atoms with van der Waals surface area (Å²) in [6.07, 6.45) is 2.34. The summed E-state index contributed by atoms with van der Waals surface area (Å²) in [7, 11) is 0. The molecule has 6 nitrogen and oxygen atoms in total. The topological polar surface area (TPSA) is 84.2 Å². The van der Waals surface area contributed by atoms with Gasteiger partial charge in [0.1, 0.15) is 11.5 Å². The summed E-state index contributed by atoms with van der Waals surface area (Å²) in [6.45, 7) is 3.04. The van der Waals surface area contributed by atoms with Crippen LogP contribution in [0.5, 0.6) is 11.5 Å². The maximum atomic E-state index is 13.0. The number of rotatable bonds is 4. The van der Waals surface area contributed by atoms with Gasteiger partial charge >= 0.3 is 0 Å². The molecule has 0 aliphatic carbocycles. The van der Waals surface area contributed by atoms with E-state index in [1.54, 1.807) is 4.90 Å². The first kappa shape index (κ1) is 20.0. The number of phenols is 2. The SMILES string of the molecule is O=C(c1cc(Cl)c(O)cc1O)N1CCCC1c1ccc(CN2CC[C@@H](O)C2)cc1. The molecule has 29 heavy (non-hydrogen) atoms. The van der Waals surface area contributed by atoms with Gasteiger partial charge in [0.05, 0.1) is 22.7 Å². The van der Waals surface area contributed by atoms with Gasteiger partial charge in [0, 0.05) is 32.2 Å². The minimum atomic E-state index is -0.290. The molecule has 1 unspecified atom stereocenters. The van der Waals surface area contributed by atoms with Crippen molar-refractivity contribution >= 4 is 17.5 Å². The predicted octanol–water partition coefficient (Wildman–Crippen LogP) is 3.30. The standard InChI is InChI=1S/C22H25ClN2O4/c23-18-10-17(20(27)11-21(18)28)22(29)25-8-1-2-19(25)15-5-3-14(4-6-15)12-24-9-7-16(26)13-24/h3-6,10-11,16,19,26-28H,1-2,7-9,12-13H2/t16-,19?/m1/s1. The van der Waals surface area contributed by atoms with Crippen LogP contribution in [0, 0.1) is 0 Å².